The fraction of sp³-hybridized carbons (Fsp3) is 0.316. The number of hydrogen-bond acceptors (Lipinski definition) is 3. The van der Waals surface area contributed by atoms with Crippen molar-refractivity contribution in [2.45, 2.75) is 19.3 Å². The molecule has 0 bridgehead atoms. The van der Waals surface area contributed by atoms with E-state index in [9.17, 15) is 9.18 Å². The second kappa shape index (κ2) is 6.15. The molecule has 2 aromatic carbocycles. The van der Waals surface area contributed by atoms with Crippen LogP contribution in [0.5, 0.6) is 11.5 Å². The van der Waals surface area contributed by atoms with E-state index in [1.165, 1.54) is 12.1 Å². The van der Waals surface area contributed by atoms with Gasteiger partial charge in [-0.1, -0.05) is 12.1 Å². The summed E-state index contributed by atoms with van der Waals surface area (Å²) >= 11 is 0. The number of ether oxygens (including phenoxy) is 2. The SMILES string of the molecule is O=C(Cc1ccc2c(c1)OCCO2)N1CCCc2ccc(F)cc21. The van der Waals surface area contributed by atoms with Crippen LogP contribution >= 0.6 is 0 Å². The molecule has 0 radical (unpaired) electrons. The Bertz CT molecular complexity index is 790. The van der Waals surface area contributed by atoms with Crippen LogP contribution in [0.4, 0.5) is 10.1 Å². The standard InChI is InChI=1S/C19H18FNO3/c20-15-5-4-14-2-1-7-21(16(14)12-15)19(22)11-13-3-6-17-18(10-13)24-9-8-23-17/h3-6,10,12H,1-2,7-9,11H2. The van der Waals surface area contributed by atoms with E-state index in [1.54, 1.807) is 11.0 Å². The zero-order valence-corrected chi connectivity index (χ0v) is 13.3. The molecule has 0 aliphatic carbocycles. The van der Waals surface area contributed by atoms with Crippen LogP contribution in [0.2, 0.25) is 0 Å². The monoisotopic (exact) mass is 327 g/mol. The van der Waals surface area contributed by atoms with Crippen molar-refractivity contribution in [1.82, 2.24) is 0 Å². The van der Waals surface area contributed by atoms with Crippen LogP contribution in [0.25, 0.3) is 0 Å². The van der Waals surface area contributed by atoms with Gasteiger partial charge in [-0.25, -0.2) is 4.39 Å². The first kappa shape index (κ1) is 15.0. The topological polar surface area (TPSA) is 38.8 Å². The fourth-order valence-corrected chi connectivity index (χ4v) is 3.27. The fourth-order valence-electron chi connectivity index (χ4n) is 3.27. The number of carbonyl (C=O) groups excluding carboxylic acids is 1. The second-order valence-electron chi connectivity index (χ2n) is 6.08. The molecule has 0 fully saturated rings. The number of benzene rings is 2. The Hall–Kier alpha value is -2.56. The van der Waals surface area contributed by atoms with E-state index >= 15 is 0 Å². The third kappa shape index (κ3) is 2.82. The van der Waals surface area contributed by atoms with Crippen molar-refractivity contribution in [2.24, 2.45) is 0 Å². The summed E-state index contributed by atoms with van der Waals surface area (Å²) in [5.74, 6) is 1.05. The van der Waals surface area contributed by atoms with E-state index in [4.69, 9.17) is 9.47 Å². The Labute approximate surface area is 139 Å². The van der Waals surface area contributed by atoms with Crippen LogP contribution in [-0.2, 0) is 17.6 Å². The molecule has 24 heavy (non-hydrogen) atoms. The van der Waals surface area contributed by atoms with Gasteiger partial charge in [-0.3, -0.25) is 4.79 Å². The minimum Gasteiger partial charge on any atom is -0.486 e. The zero-order valence-electron chi connectivity index (χ0n) is 13.3. The largest absolute Gasteiger partial charge is 0.486 e. The molecule has 0 spiro atoms. The summed E-state index contributed by atoms with van der Waals surface area (Å²) in [6.45, 7) is 1.68. The minimum absolute atomic E-state index is 0.0294. The number of aryl methyl sites for hydroxylation is 1. The first-order valence-electron chi connectivity index (χ1n) is 8.18. The number of nitrogens with zero attached hydrogens (tertiary/aromatic N) is 1. The number of halogens is 1. The van der Waals surface area contributed by atoms with Crippen LogP contribution in [0.3, 0.4) is 0 Å². The molecule has 1 amide bonds. The van der Waals surface area contributed by atoms with Crippen LogP contribution in [0.1, 0.15) is 17.5 Å². The molecule has 2 aliphatic rings. The maximum atomic E-state index is 13.6. The van der Waals surface area contributed by atoms with Gasteiger partial charge in [0.25, 0.3) is 0 Å². The molecular weight excluding hydrogens is 309 g/mol. The van der Waals surface area contributed by atoms with Crippen molar-refractivity contribution < 1.29 is 18.7 Å². The van der Waals surface area contributed by atoms with Gasteiger partial charge in [0.05, 0.1) is 6.42 Å². The van der Waals surface area contributed by atoms with Gasteiger partial charge in [-0.05, 0) is 48.2 Å². The molecule has 2 heterocycles. The minimum atomic E-state index is -0.312. The molecule has 2 aromatic rings. The first-order chi connectivity index (χ1) is 11.7. The Morgan fingerprint density at radius 3 is 2.79 bits per heavy atom. The average Bonchev–Trinajstić information content (AvgIpc) is 2.61. The Morgan fingerprint density at radius 1 is 1.08 bits per heavy atom. The maximum absolute atomic E-state index is 13.6. The average molecular weight is 327 g/mol. The Kier molecular flexibility index (Phi) is 3.84. The summed E-state index contributed by atoms with van der Waals surface area (Å²) < 4.78 is 24.6. The molecule has 124 valence electrons. The van der Waals surface area contributed by atoms with Gasteiger partial charge < -0.3 is 14.4 Å². The zero-order chi connectivity index (χ0) is 16.5. The van der Waals surface area contributed by atoms with E-state index in [0.717, 1.165) is 24.0 Å². The van der Waals surface area contributed by atoms with Crippen molar-refractivity contribution >= 4 is 11.6 Å². The summed E-state index contributed by atoms with van der Waals surface area (Å²) in [5, 5.41) is 0. The van der Waals surface area contributed by atoms with Crippen molar-refractivity contribution in [2.75, 3.05) is 24.7 Å². The lowest BCUT2D eigenvalue weighted by atomic mass is 10.0. The van der Waals surface area contributed by atoms with Crippen LogP contribution in [0.15, 0.2) is 36.4 Å². The van der Waals surface area contributed by atoms with E-state index in [-0.39, 0.29) is 18.1 Å². The highest BCUT2D eigenvalue weighted by molar-refractivity contribution is 5.96. The molecule has 0 unspecified atom stereocenters. The van der Waals surface area contributed by atoms with E-state index < -0.39 is 0 Å². The van der Waals surface area contributed by atoms with Crippen molar-refractivity contribution in [3.63, 3.8) is 0 Å². The molecule has 0 saturated carbocycles. The predicted molar refractivity (Wildman–Crippen MR) is 88.2 cm³/mol. The maximum Gasteiger partial charge on any atom is 0.231 e. The number of anilines is 1. The molecule has 0 aromatic heterocycles. The third-order valence-corrected chi connectivity index (χ3v) is 4.43. The quantitative estimate of drug-likeness (QED) is 0.851. The highest BCUT2D eigenvalue weighted by Gasteiger charge is 2.23. The van der Waals surface area contributed by atoms with Crippen LogP contribution in [-0.4, -0.2) is 25.7 Å². The van der Waals surface area contributed by atoms with Gasteiger partial charge in [0.2, 0.25) is 5.91 Å². The van der Waals surface area contributed by atoms with Gasteiger partial charge >= 0.3 is 0 Å². The van der Waals surface area contributed by atoms with Crippen molar-refractivity contribution in [3.8, 4) is 11.5 Å². The van der Waals surface area contributed by atoms with Crippen molar-refractivity contribution in [3.05, 3.63) is 53.3 Å². The molecule has 0 N–H and O–H groups in total. The predicted octanol–water partition coefficient (Wildman–Crippen LogP) is 3.12. The molecule has 0 atom stereocenters. The normalized spacial score (nSPS) is 15.8. The summed E-state index contributed by atoms with van der Waals surface area (Å²) in [7, 11) is 0. The van der Waals surface area contributed by atoms with Gasteiger partial charge in [-0.15, -0.1) is 0 Å². The summed E-state index contributed by atoms with van der Waals surface area (Å²) in [4.78, 5) is 14.4. The highest BCUT2D eigenvalue weighted by atomic mass is 19.1. The molecule has 4 rings (SSSR count). The number of rotatable bonds is 2. The van der Waals surface area contributed by atoms with Crippen LogP contribution in [0, 0.1) is 5.82 Å². The number of carbonyl (C=O) groups is 1. The lowest BCUT2D eigenvalue weighted by molar-refractivity contribution is -0.118. The van der Waals surface area contributed by atoms with E-state index in [2.05, 4.69) is 0 Å². The lowest BCUT2D eigenvalue weighted by Gasteiger charge is -2.29. The van der Waals surface area contributed by atoms with Gasteiger partial charge in [0.1, 0.15) is 19.0 Å². The summed E-state index contributed by atoms with van der Waals surface area (Å²) in [5.41, 5.74) is 2.59. The number of amides is 1. The third-order valence-electron chi connectivity index (χ3n) is 4.43. The summed E-state index contributed by atoms with van der Waals surface area (Å²) in [6, 6.07) is 10.2. The molecule has 4 nitrogen and oxygen atoms in total. The smallest absolute Gasteiger partial charge is 0.231 e. The molecular formula is C19H18FNO3. The van der Waals surface area contributed by atoms with Crippen LogP contribution < -0.4 is 14.4 Å². The second-order valence-corrected chi connectivity index (χ2v) is 6.08. The van der Waals surface area contributed by atoms with E-state index in [1.807, 2.05) is 18.2 Å². The molecule has 2 aliphatic heterocycles. The molecule has 0 saturated heterocycles. The Morgan fingerprint density at radius 2 is 1.92 bits per heavy atom. The first-order valence-corrected chi connectivity index (χ1v) is 8.18. The lowest BCUT2D eigenvalue weighted by Crippen LogP contribution is -2.36. The van der Waals surface area contributed by atoms with Gasteiger partial charge in [0, 0.05) is 12.2 Å². The van der Waals surface area contributed by atoms with Gasteiger partial charge in [0.15, 0.2) is 11.5 Å². The van der Waals surface area contributed by atoms with Gasteiger partial charge in [-0.2, -0.15) is 0 Å². The Balaban J connectivity index is 1.56. The highest BCUT2D eigenvalue weighted by Crippen LogP contribution is 2.32. The molecule has 5 heteroatoms. The number of fused-ring (bicyclic) bond motifs is 2. The summed E-state index contributed by atoms with van der Waals surface area (Å²) in [6.07, 6.45) is 2.03. The van der Waals surface area contributed by atoms with Crippen molar-refractivity contribution in [1.29, 1.82) is 0 Å². The van der Waals surface area contributed by atoms with E-state index in [0.29, 0.717) is 36.9 Å². The number of hydrogen-bond donors (Lipinski definition) is 0.